The largest absolute Gasteiger partial charge is 0.350 e. The van der Waals surface area contributed by atoms with Gasteiger partial charge in [0.25, 0.3) is 0 Å². The van der Waals surface area contributed by atoms with Crippen molar-refractivity contribution in [1.82, 2.24) is 15.3 Å². The number of hydrogen-bond donors (Lipinski definition) is 2. The molecule has 114 valence electrons. The van der Waals surface area contributed by atoms with E-state index in [1.807, 2.05) is 32.9 Å². The van der Waals surface area contributed by atoms with Crippen molar-refractivity contribution in [3.8, 4) is 0 Å². The Hall–Kier alpha value is -1.20. The van der Waals surface area contributed by atoms with E-state index in [0.29, 0.717) is 5.02 Å². The number of nitrogens with zero attached hydrogens (tertiary/aromatic N) is 1. The zero-order valence-corrected chi connectivity index (χ0v) is 14.2. The van der Waals surface area contributed by atoms with Gasteiger partial charge in [0.05, 0.1) is 16.3 Å². The van der Waals surface area contributed by atoms with E-state index in [0.717, 1.165) is 22.6 Å². The van der Waals surface area contributed by atoms with Crippen molar-refractivity contribution in [3.05, 3.63) is 23.2 Å². The zero-order chi connectivity index (χ0) is 15.6. The Bertz CT molecular complexity index is 653. The Morgan fingerprint density at radius 1 is 1.52 bits per heavy atom. The molecular formula is C15H20ClN3OS. The molecule has 0 saturated carbocycles. The first-order valence-corrected chi connectivity index (χ1v) is 8.20. The molecular weight excluding hydrogens is 306 g/mol. The Morgan fingerprint density at radius 2 is 2.24 bits per heavy atom. The highest BCUT2D eigenvalue weighted by molar-refractivity contribution is 8.00. The highest BCUT2D eigenvalue weighted by atomic mass is 35.5. The van der Waals surface area contributed by atoms with Crippen LogP contribution in [-0.4, -0.2) is 26.7 Å². The number of aromatic amines is 1. The summed E-state index contributed by atoms with van der Waals surface area (Å²) in [6, 6.07) is 5.50. The minimum absolute atomic E-state index is 0.0188. The summed E-state index contributed by atoms with van der Waals surface area (Å²) in [5, 5.41) is 4.22. The minimum Gasteiger partial charge on any atom is -0.350 e. The molecule has 0 aliphatic carbocycles. The molecule has 0 aliphatic heterocycles. The van der Waals surface area contributed by atoms with E-state index < -0.39 is 0 Å². The van der Waals surface area contributed by atoms with Crippen LogP contribution in [0.1, 0.15) is 34.1 Å². The van der Waals surface area contributed by atoms with Crippen LogP contribution < -0.4 is 5.32 Å². The molecule has 0 spiro atoms. The molecule has 2 aromatic rings. The number of carbonyl (C=O) groups excluding carboxylic acids is 1. The summed E-state index contributed by atoms with van der Waals surface area (Å²) in [4.78, 5) is 19.8. The lowest BCUT2D eigenvalue weighted by molar-refractivity contribution is -0.121. The highest BCUT2D eigenvalue weighted by Gasteiger charge is 2.23. The summed E-state index contributed by atoms with van der Waals surface area (Å²) in [5.74, 6) is 0.0188. The smallest absolute Gasteiger partial charge is 0.233 e. The van der Waals surface area contributed by atoms with Gasteiger partial charge in [-0.3, -0.25) is 4.79 Å². The third kappa shape index (κ3) is 4.14. The second kappa shape index (κ2) is 6.28. The number of thioether (sulfide) groups is 1. The van der Waals surface area contributed by atoms with Crippen LogP contribution >= 0.6 is 23.4 Å². The first-order chi connectivity index (χ1) is 9.80. The van der Waals surface area contributed by atoms with E-state index in [1.54, 1.807) is 6.07 Å². The predicted molar refractivity (Wildman–Crippen MR) is 88.9 cm³/mol. The van der Waals surface area contributed by atoms with Crippen LogP contribution in [-0.2, 0) is 4.79 Å². The fraction of sp³-hybridized carbons (Fsp3) is 0.467. The lowest BCUT2D eigenvalue weighted by Gasteiger charge is -2.26. The quantitative estimate of drug-likeness (QED) is 0.817. The molecule has 1 heterocycles. The van der Waals surface area contributed by atoms with Gasteiger partial charge in [0.2, 0.25) is 5.91 Å². The number of rotatable bonds is 5. The monoisotopic (exact) mass is 325 g/mol. The molecule has 2 rings (SSSR count). The van der Waals surface area contributed by atoms with Crippen molar-refractivity contribution in [3.63, 3.8) is 0 Å². The first kappa shape index (κ1) is 16.2. The highest BCUT2D eigenvalue weighted by Crippen LogP contribution is 2.25. The van der Waals surface area contributed by atoms with Gasteiger partial charge >= 0.3 is 0 Å². The lowest BCUT2D eigenvalue weighted by atomic mass is 10.0. The number of nitrogens with one attached hydrogen (secondary N) is 2. The van der Waals surface area contributed by atoms with Crippen LogP contribution in [0.25, 0.3) is 11.0 Å². The van der Waals surface area contributed by atoms with E-state index >= 15 is 0 Å². The molecule has 0 aliphatic rings. The number of amides is 1. The van der Waals surface area contributed by atoms with Gasteiger partial charge in [-0.1, -0.05) is 30.3 Å². The minimum atomic E-state index is -0.216. The van der Waals surface area contributed by atoms with E-state index in [2.05, 4.69) is 22.2 Å². The van der Waals surface area contributed by atoms with E-state index in [1.165, 1.54) is 11.8 Å². The fourth-order valence-corrected chi connectivity index (χ4v) is 2.75. The average molecular weight is 326 g/mol. The second-order valence-electron chi connectivity index (χ2n) is 5.69. The maximum atomic E-state index is 12.2. The molecule has 0 saturated heterocycles. The molecule has 0 fully saturated rings. The molecule has 0 radical (unpaired) electrons. The summed E-state index contributed by atoms with van der Waals surface area (Å²) in [6.07, 6.45) is 0.888. The van der Waals surface area contributed by atoms with Gasteiger partial charge in [-0.2, -0.15) is 0 Å². The average Bonchev–Trinajstić information content (AvgIpc) is 2.79. The van der Waals surface area contributed by atoms with Crippen molar-refractivity contribution in [1.29, 1.82) is 0 Å². The van der Waals surface area contributed by atoms with Crippen molar-refractivity contribution in [2.45, 2.75) is 50.1 Å². The van der Waals surface area contributed by atoms with E-state index in [9.17, 15) is 4.79 Å². The molecule has 1 aromatic carbocycles. The number of carbonyl (C=O) groups is 1. The Labute approximate surface area is 134 Å². The lowest BCUT2D eigenvalue weighted by Crippen LogP contribution is -2.46. The molecule has 1 aromatic heterocycles. The summed E-state index contributed by atoms with van der Waals surface area (Å²) < 4.78 is 0. The van der Waals surface area contributed by atoms with E-state index in [-0.39, 0.29) is 16.7 Å². The summed E-state index contributed by atoms with van der Waals surface area (Å²) in [5.41, 5.74) is 1.54. The molecule has 6 heteroatoms. The summed E-state index contributed by atoms with van der Waals surface area (Å²) >= 11 is 7.37. The van der Waals surface area contributed by atoms with Gasteiger partial charge in [0.1, 0.15) is 0 Å². The molecule has 1 amide bonds. The maximum Gasteiger partial charge on any atom is 0.233 e. The van der Waals surface area contributed by atoms with Crippen LogP contribution in [0.4, 0.5) is 0 Å². The van der Waals surface area contributed by atoms with Crippen molar-refractivity contribution in [2.24, 2.45) is 0 Å². The third-order valence-electron chi connectivity index (χ3n) is 3.43. The fourth-order valence-electron chi connectivity index (χ4n) is 1.76. The van der Waals surface area contributed by atoms with Gasteiger partial charge in [0.15, 0.2) is 5.16 Å². The van der Waals surface area contributed by atoms with Crippen molar-refractivity contribution < 1.29 is 4.79 Å². The molecule has 1 atom stereocenters. The predicted octanol–water partition coefficient (Wildman–Crippen LogP) is 4.00. The van der Waals surface area contributed by atoms with Crippen LogP contribution in [0.3, 0.4) is 0 Å². The zero-order valence-electron chi connectivity index (χ0n) is 12.7. The number of H-pyrrole nitrogens is 1. The summed E-state index contributed by atoms with van der Waals surface area (Å²) in [7, 11) is 0. The number of aromatic nitrogens is 2. The molecule has 0 bridgehead atoms. The topological polar surface area (TPSA) is 57.8 Å². The van der Waals surface area contributed by atoms with Gasteiger partial charge in [-0.05, 0) is 45.4 Å². The van der Waals surface area contributed by atoms with Crippen molar-refractivity contribution in [2.75, 3.05) is 0 Å². The summed E-state index contributed by atoms with van der Waals surface area (Å²) in [6.45, 7) is 7.98. The number of halogens is 1. The van der Waals surface area contributed by atoms with Crippen molar-refractivity contribution >= 4 is 40.3 Å². The number of hydrogen-bond acceptors (Lipinski definition) is 3. The molecule has 21 heavy (non-hydrogen) atoms. The number of fused-ring (bicyclic) bond motifs is 1. The van der Waals surface area contributed by atoms with Gasteiger partial charge < -0.3 is 10.3 Å². The van der Waals surface area contributed by atoms with Crippen LogP contribution in [0.15, 0.2) is 23.4 Å². The number of benzene rings is 1. The Kier molecular flexibility index (Phi) is 4.84. The van der Waals surface area contributed by atoms with Gasteiger partial charge in [0, 0.05) is 10.6 Å². The van der Waals surface area contributed by atoms with E-state index in [4.69, 9.17) is 11.6 Å². The second-order valence-corrected chi connectivity index (χ2v) is 7.46. The number of imidazole rings is 1. The molecule has 1 unspecified atom stereocenters. The normalized spacial score (nSPS) is 13.4. The van der Waals surface area contributed by atoms with Gasteiger partial charge in [-0.25, -0.2) is 4.98 Å². The van der Waals surface area contributed by atoms with Crippen LogP contribution in [0.2, 0.25) is 5.02 Å². The SMILES string of the molecule is CCC(C)(C)NC(=O)C(C)Sc1nc2ccc(Cl)cc2[nH]1. The van der Waals surface area contributed by atoms with Crippen LogP contribution in [0.5, 0.6) is 0 Å². The first-order valence-electron chi connectivity index (χ1n) is 6.94. The maximum absolute atomic E-state index is 12.2. The molecule has 2 N–H and O–H groups in total. The Morgan fingerprint density at radius 3 is 2.90 bits per heavy atom. The third-order valence-corrected chi connectivity index (χ3v) is 4.64. The Balaban J connectivity index is 2.07. The van der Waals surface area contributed by atoms with Gasteiger partial charge in [-0.15, -0.1) is 0 Å². The van der Waals surface area contributed by atoms with Crippen LogP contribution in [0, 0.1) is 0 Å². The molecule has 4 nitrogen and oxygen atoms in total. The standard InChI is InChI=1S/C15H20ClN3OS/c1-5-15(3,4)19-13(20)9(2)21-14-17-11-7-6-10(16)8-12(11)18-14/h6-9H,5H2,1-4H3,(H,17,18)(H,19,20).